The van der Waals surface area contributed by atoms with Crippen molar-refractivity contribution in [1.82, 2.24) is 19.7 Å². The summed E-state index contributed by atoms with van der Waals surface area (Å²) in [5.41, 5.74) is 2.33. The third-order valence-electron chi connectivity index (χ3n) is 4.35. The second-order valence-corrected chi connectivity index (χ2v) is 8.83. The summed E-state index contributed by atoms with van der Waals surface area (Å²) in [6.45, 7) is 4.30. The predicted octanol–water partition coefficient (Wildman–Crippen LogP) is 5.78. The van der Waals surface area contributed by atoms with Crippen molar-refractivity contribution in [1.29, 1.82) is 0 Å². The van der Waals surface area contributed by atoms with Gasteiger partial charge >= 0.3 is 0 Å². The van der Waals surface area contributed by atoms with Crippen LogP contribution in [0.4, 0.5) is 9.52 Å². The smallest absolute Gasteiger partial charge is 0.236 e. The number of thioether (sulfide) groups is 1. The molecule has 0 bridgehead atoms. The average molecular weight is 486 g/mol. The van der Waals surface area contributed by atoms with E-state index in [1.165, 1.54) is 35.2 Å². The number of allylic oxidation sites excluding steroid dienone is 1. The van der Waals surface area contributed by atoms with Gasteiger partial charge in [-0.05, 0) is 48.5 Å². The van der Waals surface area contributed by atoms with E-state index >= 15 is 0 Å². The Hall–Kier alpha value is -3.01. The van der Waals surface area contributed by atoms with Gasteiger partial charge in [-0.1, -0.05) is 29.4 Å². The number of nitrogens with one attached hydrogen (secondary N) is 1. The van der Waals surface area contributed by atoms with Crippen LogP contribution in [0, 0.1) is 5.82 Å². The molecule has 0 unspecified atom stereocenters. The van der Waals surface area contributed by atoms with Crippen LogP contribution in [0.2, 0.25) is 5.02 Å². The van der Waals surface area contributed by atoms with Crippen LogP contribution in [-0.4, -0.2) is 31.4 Å². The first-order valence-electron chi connectivity index (χ1n) is 9.47. The number of rotatable bonds is 8. The zero-order valence-electron chi connectivity index (χ0n) is 16.7. The molecule has 0 aliphatic heterocycles. The highest BCUT2D eigenvalue weighted by atomic mass is 35.5. The molecule has 10 heteroatoms. The number of benzene rings is 2. The van der Waals surface area contributed by atoms with E-state index < -0.39 is 0 Å². The molecule has 0 aliphatic rings. The number of anilines is 1. The number of nitrogens with zero attached hydrogens (tertiary/aromatic N) is 4. The lowest BCUT2D eigenvalue weighted by atomic mass is 10.2. The average Bonchev–Trinajstić information content (AvgIpc) is 3.41. The molecule has 0 atom stereocenters. The van der Waals surface area contributed by atoms with Gasteiger partial charge in [-0.3, -0.25) is 9.36 Å². The fourth-order valence-electron chi connectivity index (χ4n) is 2.87. The molecule has 0 fully saturated rings. The first kappa shape index (κ1) is 22.2. The van der Waals surface area contributed by atoms with E-state index in [1.54, 1.807) is 30.3 Å². The van der Waals surface area contributed by atoms with Crippen LogP contribution < -0.4 is 5.32 Å². The third-order valence-corrected chi connectivity index (χ3v) is 6.33. The number of halogens is 2. The monoisotopic (exact) mass is 485 g/mol. The first-order valence-corrected chi connectivity index (χ1v) is 11.7. The summed E-state index contributed by atoms with van der Waals surface area (Å²) in [7, 11) is 0. The summed E-state index contributed by atoms with van der Waals surface area (Å²) in [6.07, 6.45) is 1.75. The van der Waals surface area contributed by atoms with Crippen LogP contribution in [0.5, 0.6) is 0 Å². The quantitative estimate of drug-likeness (QED) is 0.253. The lowest BCUT2D eigenvalue weighted by molar-refractivity contribution is -0.113. The molecule has 0 saturated heterocycles. The highest BCUT2D eigenvalue weighted by Gasteiger charge is 2.16. The van der Waals surface area contributed by atoms with Crippen LogP contribution in [0.25, 0.3) is 22.6 Å². The number of carbonyl (C=O) groups is 1. The van der Waals surface area contributed by atoms with E-state index in [2.05, 4.69) is 27.1 Å². The molecule has 1 N–H and O–H groups in total. The molecule has 6 nitrogen and oxygen atoms in total. The minimum Gasteiger partial charge on any atom is -0.301 e. The molecule has 4 rings (SSSR count). The van der Waals surface area contributed by atoms with Gasteiger partial charge in [0, 0.05) is 28.1 Å². The number of hydrogen-bond acceptors (Lipinski definition) is 6. The minimum absolute atomic E-state index is 0.140. The zero-order chi connectivity index (χ0) is 22.5. The third kappa shape index (κ3) is 5.24. The van der Waals surface area contributed by atoms with E-state index in [-0.39, 0.29) is 17.5 Å². The molecule has 4 aromatic rings. The molecular formula is C22H17ClFN5OS2. The molecule has 2 aromatic carbocycles. The normalized spacial score (nSPS) is 10.8. The van der Waals surface area contributed by atoms with E-state index in [4.69, 9.17) is 11.6 Å². The van der Waals surface area contributed by atoms with Gasteiger partial charge in [-0.25, -0.2) is 9.37 Å². The summed E-state index contributed by atoms with van der Waals surface area (Å²) >= 11 is 8.56. The maximum absolute atomic E-state index is 13.1. The summed E-state index contributed by atoms with van der Waals surface area (Å²) in [6, 6.07) is 13.4. The van der Waals surface area contributed by atoms with Crippen molar-refractivity contribution in [2.24, 2.45) is 0 Å². The van der Waals surface area contributed by atoms with E-state index in [9.17, 15) is 9.18 Å². The van der Waals surface area contributed by atoms with Crippen LogP contribution in [0.3, 0.4) is 0 Å². The lowest BCUT2D eigenvalue weighted by Gasteiger charge is -2.07. The fourth-order valence-corrected chi connectivity index (χ4v) is 4.48. The van der Waals surface area contributed by atoms with Crippen LogP contribution in [0.1, 0.15) is 0 Å². The van der Waals surface area contributed by atoms with Crippen molar-refractivity contribution in [3.8, 4) is 22.6 Å². The fraction of sp³-hybridized carbons (Fsp3) is 0.0909. The minimum atomic E-state index is -0.307. The van der Waals surface area contributed by atoms with Crippen molar-refractivity contribution in [2.75, 3.05) is 11.1 Å². The van der Waals surface area contributed by atoms with Crippen molar-refractivity contribution in [3.05, 3.63) is 77.4 Å². The maximum Gasteiger partial charge on any atom is 0.236 e. The summed E-state index contributed by atoms with van der Waals surface area (Å²) < 4.78 is 15.0. The number of amides is 1. The van der Waals surface area contributed by atoms with Crippen molar-refractivity contribution in [2.45, 2.75) is 11.7 Å². The second kappa shape index (κ2) is 10.1. The Balaban J connectivity index is 1.41. The summed E-state index contributed by atoms with van der Waals surface area (Å²) in [4.78, 5) is 16.9. The van der Waals surface area contributed by atoms with Crippen LogP contribution >= 0.6 is 34.7 Å². The number of carbonyl (C=O) groups excluding carboxylic acids is 1. The molecule has 0 radical (unpaired) electrons. The Morgan fingerprint density at radius 3 is 2.59 bits per heavy atom. The van der Waals surface area contributed by atoms with Gasteiger partial charge in [0.25, 0.3) is 0 Å². The van der Waals surface area contributed by atoms with Crippen LogP contribution in [0.15, 0.2) is 71.7 Å². The standard InChI is InChI=1S/C22H17ClFN5OS2/c1-2-11-29-20(15-3-7-16(23)8-4-15)27-28-22(29)32-13-19(30)26-21-25-18(12-31-21)14-5-9-17(24)10-6-14/h2-10,12H,1,11,13H2,(H,25,26,30). The topological polar surface area (TPSA) is 72.7 Å². The Kier molecular flexibility index (Phi) is 6.99. The lowest BCUT2D eigenvalue weighted by Crippen LogP contribution is -2.14. The Morgan fingerprint density at radius 2 is 1.88 bits per heavy atom. The molecular weight excluding hydrogens is 469 g/mol. The number of thiazole rings is 1. The summed E-state index contributed by atoms with van der Waals surface area (Å²) in [5.74, 6) is 0.295. The van der Waals surface area contributed by atoms with Gasteiger partial charge in [0.2, 0.25) is 5.91 Å². The van der Waals surface area contributed by atoms with Gasteiger partial charge in [-0.15, -0.1) is 28.1 Å². The molecule has 2 heterocycles. The largest absolute Gasteiger partial charge is 0.301 e. The van der Waals surface area contributed by atoms with Crippen molar-refractivity contribution >= 4 is 45.7 Å². The Morgan fingerprint density at radius 1 is 1.16 bits per heavy atom. The molecule has 0 saturated carbocycles. The van der Waals surface area contributed by atoms with Gasteiger partial charge in [0.1, 0.15) is 5.82 Å². The molecule has 0 spiro atoms. The zero-order valence-corrected chi connectivity index (χ0v) is 19.1. The number of aromatic nitrogens is 4. The SMILES string of the molecule is C=CCn1c(SCC(=O)Nc2nc(-c3ccc(F)cc3)cs2)nnc1-c1ccc(Cl)cc1. The summed E-state index contributed by atoms with van der Waals surface area (Å²) in [5, 5.41) is 14.8. The predicted molar refractivity (Wildman–Crippen MR) is 128 cm³/mol. The van der Waals surface area contributed by atoms with Crippen LogP contribution in [-0.2, 0) is 11.3 Å². The van der Waals surface area contributed by atoms with E-state index in [0.717, 1.165) is 11.1 Å². The van der Waals surface area contributed by atoms with Gasteiger partial charge in [0.15, 0.2) is 16.1 Å². The second-order valence-electron chi connectivity index (χ2n) is 6.59. The van der Waals surface area contributed by atoms with Gasteiger partial charge in [0.05, 0.1) is 11.4 Å². The molecule has 1 amide bonds. The number of hydrogen-bond donors (Lipinski definition) is 1. The van der Waals surface area contributed by atoms with E-state index in [1.807, 2.05) is 22.1 Å². The Labute approximate surface area is 197 Å². The molecule has 2 aromatic heterocycles. The van der Waals surface area contributed by atoms with Crippen molar-refractivity contribution in [3.63, 3.8) is 0 Å². The molecule has 0 aliphatic carbocycles. The molecule has 162 valence electrons. The highest BCUT2D eigenvalue weighted by molar-refractivity contribution is 7.99. The molecule has 32 heavy (non-hydrogen) atoms. The van der Waals surface area contributed by atoms with Gasteiger partial charge in [-0.2, -0.15) is 0 Å². The van der Waals surface area contributed by atoms with E-state index in [0.29, 0.717) is 33.4 Å². The Bertz CT molecular complexity index is 1240. The first-order chi connectivity index (χ1) is 15.5. The van der Waals surface area contributed by atoms with Gasteiger partial charge < -0.3 is 5.32 Å². The maximum atomic E-state index is 13.1. The highest BCUT2D eigenvalue weighted by Crippen LogP contribution is 2.27. The van der Waals surface area contributed by atoms with Crippen molar-refractivity contribution < 1.29 is 9.18 Å².